The van der Waals surface area contributed by atoms with Crippen LogP contribution in [0.25, 0.3) is 11.3 Å². The first-order valence-electron chi connectivity index (χ1n) is 7.54. The summed E-state index contributed by atoms with van der Waals surface area (Å²) in [7, 11) is 0. The van der Waals surface area contributed by atoms with Gasteiger partial charge in [0.2, 0.25) is 0 Å². The standard InChI is InChI=1S/C17H19FN2O2/c18-12-3-1-11(2-4-12)15-9-10-16(22-15)17(21)20-14-7-5-13(19)6-8-14/h1-4,9-10,13-14H,5-8,19H2,(H,20,21). The molecule has 3 rings (SSSR count). The summed E-state index contributed by atoms with van der Waals surface area (Å²) in [5, 5.41) is 2.98. The lowest BCUT2D eigenvalue weighted by Gasteiger charge is -2.26. The van der Waals surface area contributed by atoms with E-state index in [1.807, 2.05) is 0 Å². The molecule has 1 aliphatic carbocycles. The predicted octanol–water partition coefficient (Wildman–Crippen LogP) is 3.09. The molecule has 0 radical (unpaired) electrons. The SMILES string of the molecule is NC1CCC(NC(=O)c2ccc(-c3ccc(F)cc3)o2)CC1. The van der Waals surface area contributed by atoms with Gasteiger partial charge in [0.05, 0.1) is 0 Å². The van der Waals surface area contributed by atoms with Gasteiger partial charge in [-0.1, -0.05) is 0 Å². The van der Waals surface area contributed by atoms with Gasteiger partial charge in [-0.05, 0) is 62.1 Å². The lowest BCUT2D eigenvalue weighted by atomic mass is 9.92. The van der Waals surface area contributed by atoms with Crippen molar-refractivity contribution in [3.05, 3.63) is 48.0 Å². The minimum atomic E-state index is -0.302. The van der Waals surface area contributed by atoms with Crippen LogP contribution in [0.5, 0.6) is 0 Å². The molecule has 0 bridgehead atoms. The molecule has 0 spiro atoms. The summed E-state index contributed by atoms with van der Waals surface area (Å²) in [6.07, 6.45) is 3.67. The average Bonchev–Trinajstić information content (AvgIpc) is 3.00. The van der Waals surface area contributed by atoms with E-state index in [4.69, 9.17) is 10.2 Å². The van der Waals surface area contributed by atoms with Crippen LogP contribution in [0.1, 0.15) is 36.2 Å². The first-order chi connectivity index (χ1) is 10.6. The number of rotatable bonds is 3. The van der Waals surface area contributed by atoms with Crippen LogP contribution in [0.15, 0.2) is 40.8 Å². The zero-order valence-corrected chi connectivity index (χ0v) is 12.2. The molecule has 1 aromatic heterocycles. The molecule has 1 heterocycles. The Kier molecular flexibility index (Phi) is 4.24. The Labute approximate surface area is 128 Å². The predicted molar refractivity (Wildman–Crippen MR) is 81.8 cm³/mol. The summed E-state index contributed by atoms with van der Waals surface area (Å²) >= 11 is 0. The molecule has 0 atom stereocenters. The van der Waals surface area contributed by atoms with Gasteiger partial charge in [0.1, 0.15) is 11.6 Å². The van der Waals surface area contributed by atoms with E-state index in [1.165, 1.54) is 12.1 Å². The van der Waals surface area contributed by atoms with Crippen molar-refractivity contribution >= 4 is 5.91 Å². The van der Waals surface area contributed by atoms with Crippen molar-refractivity contribution in [2.75, 3.05) is 0 Å². The fourth-order valence-electron chi connectivity index (χ4n) is 2.75. The number of carbonyl (C=O) groups is 1. The molecule has 0 saturated heterocycles. The van der Waals surface area contributed by atoms with Crippen molar-refractivity contribution in [3.8, 4) is 11.3 Å². The van der Waals surface area contributed by atoms with E-state index in [0.29, 0.717) is 5.76 Å². The number of nitrogens with two attached hydrogens (primary N) is 1. The van der Waals surface area contributed by atoms with Gasteiger partial charge in [0, 0.05) is 17.6 Å². The molecule has 22 heavy (non-hydrogen) atoms. The number of carbonyl (C=O) groups excluding carboxylic acids is 1. The topological polar surface area (TPSA) is 68.3 Å². The zero-order valence-electron chi connectivity index (χ0n) is 12.2. The maximum atomic E-state index is 12.9. The molecule has 1 saturated carbocycles. The summed E-state index contributed by atoms with van der Waals surface area (Å²) in [6.45, 7) is 0. The highest BCUT2D eigenvalue weighted by molar-refractivity contribution is 5.92. The molecular weight excluding hydrogens is 283 g/mol. The van der Waals surface area contributed by atoms with Crippen LogP contribution in [-0.4, -0.2) is 18.0 Å². The van der Waals surface area contributed by atoms with Crippen LogP contribution in [0.2, 0.25) is 0 Å². The van der Waals surface area contributed by atoms with E-state index in [-0.39, 0.29) is 29.6 Å². The normalized spacial score (nSPS) is 21.5. The monoisotopic (exact) mass is 302 g/mol. The molecule has 3 N–H and O–H groups in total. The van der Waals surface area contributed by atoms with Crippen LogP contribution in [0, 0.1) is 5.82 Å². The molecule has 1 fully saturated rings. The second kappa shape index (κ2) is 6.32. The van der Waals surface area contributed by atoms with Gasteiger partial charge >= 0.3 is 0 Å². The molecule has 5 heteroatoms. The molecule has 0 aliphatic heterocycles. The van der Waals surface area contributed by atoms with E-state index >= 15 is 0 Å². The minimum Gasteiger partial charge on any atom is -0.451 e. The van der Waals surface area contributed by atoms with Gasteiger partial charge in [-0.25, -0.2) is 4.39 Å². The quantitative estimate of drug-likeness (QED) is 0.915. The highest BCUT2D eigenvalue weighted by Crippen LogP contribution is 2.23. The lowest BCUT2D eigenvalue weighted by molar-refractivity contribution is 0.0898. The zero-order chi connectivity index (χ0) is 15.5. The summed E-state index contributed by atoms with van der Waals surface area (Å²) in [6, 6.07) is 9.75. The Hall–Kier alpha value is -2.14. The number of hydrogen-bond donors (Lipinski definition) is 2. The van der Waals surface area contributed by atoms with Crippen molar-refractivity contribution in [2.45, 2.75) is 37.8 Å². The minimum absolute atomic E-state index is 0.159. The smallest absolute Gasteiger partial charge is 0.287 e. The highest BCUT2D eigenvalue weighted by atomic mass is 19.1. The third-order valence-electron chi connectivity index (χ3n) is 4.07. The van der Waals surface area contributed by atoms with Gasteiger partial charge < -0.3 is 15.5 Å². The Morgan fingerprint density at radius 2 is 1.77 bits per heavy atom. The first-order valence-corrected chi connectivity index (χ1v) is 7.54. The Morgan fingerprint density at radius 3 is 2.45 bits per heavy atom. The summed E-state index contributed by atoms with van der Waals surface area (Å²) in [5.74, 6) is 0.308. The van der Waals surface area contributed by atoms with Crippen molar-refractivity contribution in [3.63, 3.8) is 0 Å². The van der Waals surface area contributed by atoms with Crippen molar-refractivity contribution in [1.82, 2.24) is 5.32 Å². The number of hydrogen-bond acceptors (Lipinski definition) is 3. The van der Waals surface area contributed by atoms with Crippen molar-refractivity contribution in [2.24, 2.45) is 5.73 Å². The van der Waals surface area contributed by atoms with Crippen LogP contribution >= 0.6 is 0 Å². The number of halogens is 1. The van der Waals surface area contributed by atoms with E-state index in [2.05, 4.69) is 5.32 Å². The number of furan rings is 1. The molecule has 0 unspecified atom stereocenters. The van der Waals surface area contributed by atoms with E-state index in [1.54, 1.807) is 24.3 Å². The molecule has 1 aliphatic rings. The third kappa shape index (κ3) is 3.36. The number of benzene rings is 1. The second-order valence-electron chi connectivity index (χ2n) is 5.76. The van der Waals surface area contributed by atoms with Crippen molar-refractivity contribution in [1.29, 1.82) is 0 Å². The van der Waals surface area contributed by atoms with E-state index in [0.717, 1.165) is 31.2 Å². The van der Waals surface area contributed by atoms with Gasteiger partial charge in [0.25, 0.3) is 5.91 Å². The fraction of sp³-hybridized carbons (Fsp3) is 0.353. The van der Waals surface area contributed by atoms with Crippen LogP contribution in [0.3, 0.4) is 0 Å². The summed E-state index contributed by atoms with van der Waals surface area (Å²) in [4.78, 5) is 12.2. The van der Waals surface area contributed by atoms with Crippen LogP contribution in [0.4, 0.5) is 4.39 Å². The Morgan fingerprint density at radius 1 is 1.09 bits per heavy atom. The molecule has 1 aromatic carbocycles. The maximum Gasteiger partial charge on any atom is 0.287 e. The summed E-state index contributed by atoms with van der Waals surface area (Å²) in [5.41, 5.74) is 6.60. The van der Waals surface area contributed by atoms with Crippen LogP contribution in [-0.2, 0) is 0 Å². The Bertz CT molecular complexity index is 643. The average molecular weight is 302 g/mol. The molecule has 116 valence electrons. The molecule has 2 aromatic rings. The van der Waals surface area contributed by atoms with Gasteiger partial charge in [0.15, 0.2) is 5.76 Å². The van der Waals surface area contributed by atoms with Gasteiger partial charge in [-0.3, -0.25) is 4.79 Å². The van der Waals surface area contributed by atoms with Crippen molar-refractivity contribution < 1.29 is 13.6 Å². The molecular formula is C17H19FN2O2. The fourth-order valence-corrected chi connectivity index (χ4v) is 2.75. The van der Waals surface area contributed by atoms with Gasteiger partial charge in [-0.15, -0.1) is 0 Å². The molecule has 4 nitrogen and oxygen atoms in total. The third-order valence-corrected chi connectivity index (χ3v) is 4.07. The first kappa shape index (κ1) is 14.8. The van der Waals surface area contributed by atoms with E-state index < -0.39 is 0 Å². The summed E-state index contributed by atoms with van der Waals surface area (Å²) < 4.78 is 18.5. The lowest BCUT2D eigenvalue weighted by Crippen LogP contribution is -2.40. The van der Waals surface area contributed by atoms with Crippen LogP contribution < -0.4 is 11.1 Å². The van der Waals surface area contributed by atoms with Gasteiger partial charge in [-0.2, -0.15) is 0 Å². The second-order valence-corrected chi connectivity index (χ2v) is 5.76. The largest absolute Gasteiger partial charge is 0.451 e. The molecule has 1 amide bonds. The highest BCUT2D eigenvalue weighted by Gasteiger charge is 2.22. The maximum absolute atomic E-state index is 12.9. The number of amides is 1. The Balaban J connectivity index is 1.65. The number of nitrogens with one attached hydrogen (secondary N) is 1. The van der Waals surface area contributed by atoms with E-state index in [9.17, 15) is 9.18 Å².